The fourth-order valence-corrected chi connectivity index (χ4v) is 2.04. The molecule has 1 saturated heterocycles. The van der Waals surface area contributed by atoms with E-state index >= 15 is 0 Å². The quantitative estimate of drug-likeness (QED) is 0.721. The number of aromatic nitrogens is 2. The highest BCUT2D eigenvalue weighted by molar-refractivity contribution is 6.61. The van der Waals surface area contributed by atoms with E-state index in [9.17, 15) is 9.90 Å². The second-order valence-corrected chi connectivity index (χ2v) is 4.44. The average Bonchev–Trinajstić information content (AvgIpc) is 2.79. The summed E-state index contributed by atoms with van der Waals surface area (Å²) in [6, 6.07) is 7.46. The van der Waals surface area contributed by atoms with E-state index in [1.807, 2.05) is 24.3 Å². The number of fused-ring (bicyclic) bond motifs is 1. The minimum absolute atomic E-state index is 0.275. The average molecular weight is 260 g/mol. The van der Waals surface area contributed by atoms with Crippen molar-refractivity contribution in [2.24, 2.45) is 0 Å². The highest BCUT2D eigenvalue weighted by atomic mass is 16.7. The summed E-state index contributed by atoms with van der Waals surface area (Å²) < 4.78 is 10.5. The van der Waals surface area contributed by atoms with E-state index in [1.165, 1.54) is 0 Å². The summed E-state index contributed by atoms with van der Waals surface area (Å²) in [4.78, 5) is 18.9. The maximum atomic E-state index is 11.5. The first-order valence-electron chi connectivity index (χ1n) is 6.20. The topological polar surface area (TPSA) is 84.4 Å². The normalized spacial score (nSPS) is 21.0. The molecule has 0 aliphatic carbocycles. The van der Waals surface area contributed by atoms with Crippen LogP contribution in [0.4, 0.5) is 0 Å². The van der Waals surface area contributed by atoms with Crippen LogP contribution in [-0.2, 0) is 14.1 Å². The van der Waals surface area contributed by atoms with E-state index in [4.69, 9.17) is 9.31 Å². The SMILES string of the molecule is O=C1CCCC(O)OB(c2nc3ccccc3[nH]2)O1. The van der Waals surface area contributed by atoms with Gasteiger partial charge < -0.3 is 19.4 Å². The molecule has 2 heterocycles. The molecular weight excluding hydrogens is 247 g/mol. The van der Waals surface area contributed by atoms with Crippen molar-refractivity contribution in [3.8, 4) is 0 Å². The molecule has 1 aliphatic heterocycles. The van der Waals surface area contributed by atoms with Crippen LogP contribution in [-0.4, -0.2) is 34.5 Å². The van der Waals surface area contributed by atoms with E-state index in [0.717, 1.165) is 11.0 Å². The summed E-state index contributed by atoms with van der Waals surface area (Å²) in [5.74, 6) is -0.350. The van der Waals surface area contributed by atoms with Crippen LogP contribution in [0.5, 0.6) is 0 Å². The summed E-state index contributed by atoms with van der Waals surface area (Å²) >= 11 is 0. The van der Waals surface area contributed by atoms with E-state index in [2.05, 4.69) is 9.97 Å². The Morgan fingerprint density at radius 3 is 3.11 bits per heavy atom. The molecule has 98 valence electrons. The molecule has 1 aromatic carbocycles. The first-order valence-corrected chi connectivity index (χ1v) is 6.20. The van der Waals surface area contributed by atoms with Crippen molar-refractivity contribution in [2.45, 2.75) is 25.6 Å². The van der Waals surface area contributed by atoms with Crippen molar-refractivity contribution in [3.63, 3.8) is 0 Å². The van der Waals surface area contributed by atoms with Crippen molar-refractivity contribution < 1.29 is 19.2 Å². The third-order valence-corrected chi connectivity index (χ3v) is 2.98. The molecule has 2 aromatic rings. The molecule has 6 nitrogen and oxygen atoms in total. The molecule has 0 bridgehead atoms. The number of H-pyrrole nitrogens is 1. The summed E-state index contributed by atoms with van der Waals surface area (Å²) in [7, 11) is -0.991. The zero-order chi connectivity index (χ0) is 13.2. The number of aromatic amines is 1. The lowest BCUT2D eigenvalue weighted by atomic mass is 9.88. The first-order chi connectivity index (χ1) is 9.22. The summed E-state index contributed by atoms with van der Waals surface area (Å²) in [5.41, 5.74) is 1.97. The lowest BCUT2D eigenvalue weighted by molar-refractivity contribution is -0.140. The third-order valence-electron chi connectivity index (χ3n) is 2.98. The lowest BCUT2D eigenvalue weighted by Gasteiger charge is -2.20. The minimum Gasteiger partial charge on any atom is -0.504 e. The number of aliphatic hydroxyl groups excluding tert-OH is 1. The standard InChI is InChI=1S/C12H13BN2O4/c16-10-6-3-7-11(17)19-13(18-10)12-14-8-4-1-2-5-9(8)15-12/h1-2,4-5,10,16H,3,6-7H2,(H,14,15). The van der Waals surface area contributed by atoms with Gasteiger partial charge >= 0.3 is 7.12 Å². The van der Waals surface area contributed by atoms with Gasteiger partial charge in [0.25, 0.3) is 5.97 Å². The Kier molecular flexibility index (Phi) is 3.23. The Hall–Kier alpha value is -1.86. The van der Waals surface area contributed by atoms with Crippen molar-refractivity contribution in [3.05, 3.63) is 24.3 Å². The van der Waals surface area contributed by atoms with Crippen LogP contribution in [0.1, 0.15) is 19.3 Å². The zero-order valence-corrected chi connectivity index (χ0v) is 10.2. The third kappa shape index (κ3) is 2.62. The number of aliphatic hydroxyl groups is 1. The summed E-state index contributed by atoms with van der Waals surface area (Å²) in [5, 5.41) is 9.65. The molecule has 1 atom stereocenters. The van der Waals surface area contributed by atoms with Crippen LogP contribution in [0.2, 0.25) is 0 Å². The van der Waals surface area contributed by atoms with Gasteiger partial charge in [-0.05, 0) is 25.0 Å². The van der Waals surface area contributed by atoms with Gasteiger partial charge in [0.05, 0.1) is 11.0 Å². The second kappa shape index (κ2) is 5.03. The van der Waals surface area contributed by atoms with Gasteiger partial charge in [-0.15, -0.1) is 0 Å². The smallest absolute Gasteiger partial charge is 0.504 e. The number of nitrogens with one attached hydrogen (secondary N) is 1. The Bertz CT molecular complexity index is 567. The molecule has 1 unspecified atom stereocenters. The molecule has 0 radical (unpaired) electrons. The van der Waals surface area contributed by atoms with Gasteiger partial charge in [-0.2, -0.15) is 0 Å². The highest BCUT2D eigenvalue weighted by Gasteiger charge is 2.34. The number of imidazole rings is 1. The maximum absolute atomic E-state index is 11.5. The van der Waals surface area contributed by atoms with Crippen molar-refractivity contribution in [1.82, 2.24) is 9.97 Å². The van der Waals surface area contributed by atoms with Crippen LogP contribution in [0.15, 0.2) is 24.3 Å². The number of carbonyl (C=O) groups is 1. The highest BCUT2D eigenvalue weighted by Crippen LogP contribution is 2.12. The van der Waals surface area contributed by atoms with E-state index in [1.54, 1.807) is 0 Å². The molecule has 2 N–H and O–H groups in total. The fraction of sp³-hybridized carbons (Fsp3) is 0.333. The van der Waals surface area contributed by atoms with Gasteiger partial charge in [-0.1, -0.05) is 12.1 Å². The number of rotatable bonds is 1. The summed E-state index contributed by atoms with van der Waals surface area (Å²) in [6.45, 7) is 0. The largest absolute Gasteiger partial charge is 0.604 e. The maximum Gasteiger partial charge on any atom is 0.604 e. The predicted octanol–water partition coefficient (Wildman–Crippen LogP) is 0.320. The monoisotopic (exact) mass is 260 g/mol. The molecule has 7 heteroatoms. The van der Waals surface area contributed by atoms with Gasteiger partial charge in [-0.25, -0.2) is 4.98 Å². The predicted molar refractivity (Wildman–Crippen MR) is 68.5 cm³/mol. The Morgan fingerprint density at radius 2 is 2.26 bits per heavy atom. The first kappa shape index (κ1) is 12.2. The van der Waals surface area contributed by atoms with Gasteiger partial charge in [0.15, 0.2) is 5.72 Å². The van der Waals surface area contributed by atoms with Crippen LogP contribution < -0.4 is 5.72 Å². The molecule has 1 aromatic heterocycles. The molecular formula is C12H13BN2O4. The lowest BCUT2D eigenvalue weighted by Crippen LogP contribution is -2.45. The van der Waals surface area contributed by atoms with Crippen LogP contribution >= 0.6 is 0 Å². The van der Waals surface area contributed by atoms with Crippen LogP contribution in [0.25, 0.3) is 11.0 Å². The van der Waals surface area contributed by atoms with Crippen molar-refractivity contribution in [2.75, 3.05) is 0 Å². The summed E-state index contributed by atoms with van der Waals surface area (Å²) in [6.07, 6.45) is 0.279. The van der Waals surface area contributed by atoms with E-state index in [-0.39, 0.29) is 12.4 Å². The van der Waals surface area contributed by atoms with Crippen molar-refractivity contribution >= 4 is 29.8 Å². The second-order valence-electron chi connectivity index (χ2n) is 4.44. The molecule has 0 amide bonds. The molecule has 3 rings (SSSR count). The van der Waals surface area contributed by atoms with Gasteiger partial charge in [-0.3, -0.25) is 4.79 Å². The van der Waals surface area contributed by atoms with Crippen molar-refractivity contribution in [1.29, 1.82) is 0 Å². The van der Waals surface area contributed by atoms with Crippen LogP contribution in [0.3, 0.4) is 0 Å². The molecule has 0 saturated carbocycles. The zero-order valence-electron chi connectivity index (χ0n) is 10.2. The number of hydrogen-bond acceptors (Lipinski definition) is 5. The molecule has 0 spiro atoms. The number of nitrogens with zero attached hydrogens (tertiary/aromatic N) is 1. The number of carbonyl (C=O) groups excluding carboxylic acids is 1. The van der Waals surface area contributed by atoms with Gasteiger partial charge in [0.2, 0.25) is 0 Å². The molecule has 1 fully saturated rings. The van der Waals surface area contributed by atoms with Gasteiger partial charge in [0.1, 0.15) is 6.29 Å². The Labute approximate surface area is 109 Å². The number of benzene rings is 1. The Balaban J connectivity index is 1.90. The number of para-hydroxylation sites is 2. The molecule has 1 aliphatic rings. The van der Waals surface area contributed by atoms with E-state index < -0.39 is 13.4 Å². The number of hydrogen-bond donors (Lipinski definition) is 2. The van der Waals surface area contributed by atoms with Gasteiger partial charge in [0, 0.05) is 6.42 Å². The molecule has 19 heavy (non-hydrogen) atoms. The fourth-order valence-electron chi connectivity index (χ4n) is 2.04. The Morgan fingerprint density at radius 1 is 1.42 bits per heavy atom. The minimum atomic E-state index is -0.991. The van der Waals surface area contributed by atoms with E-state index in [0.29, 0.717) is 18.6 Å². The van der Waals surface area contributed by atoms with Crippen LogP contribution in [0, 0.1) is 0 Å².